The van der Waals surface area contributed by atoms with Crippen LogP contribution in [0.1, 0.15) is 19.8 Å². The number of unbranched alkanes of at least 4 members (excludes halogenated alkanes) is 1. The third-order valence-electron chi connectivity index (χ3n) is 2.99. The zero-order chi connectivity index (χ0) is 15.2. The highest BCUT2D eigenvalue weighted by Gasteiger charge is 2.22. The summed E-state index contributed by atoms with van der Waals surface area (Å²) in [6.45, 7) is 2.55. The van der Waals surface area contributed by atoms with Crippen molar-refractivity contribution in [2.24, 2.45) is 4.99 Å². The van der Waals surface area contributed by atoms with Gasteiger partial charge in [-0.2, -0.15) is 5.26 Å². The van der Waals surface area contributed by atoms with Gasteiger partial charge >= 0.3 is 0 Å². The summed E-state index contributed by atoms with van der Waals surface area (Å²) in [5, 5.41) is 15.1. The molecule has 6 heteroatoms. The van der Waals surface area contributed by atoms with Crippen LogP contribution in [-0.4, -0.2) is 17.6 Å². The normalized spacial score (nSPS) is 15.2. The van der Waals surface area contributed by atoms with Crippen molar-refractivity contribution in [1.82, 2.24) is 5.32 Å². The minimum absolute atomic E-state index is 0.0608. The molecule has 1 aromatic carbocycles. The summed E-state index contributed by atoms with van der Waals surface area (Å²) >= 11 is 6.09. The molecule has 0 aliphatic carbocycles. The number of nitrogens with one attached hydrogen (secondary N) is 2. The number of allylic oxidation sites excluding steroid dienone is 1. The van der Waals surface area contributed by atoms with Crippen LogP contribution in [0, 0.1) is 11.3 Å². The van der Waals surface area contributed by atoms with E-state index in [2.05, 4.69) is 15.6 Å². The van der Waals surface area contributed by atoms with E-state index < -0.39 is 5.91 Å². The number of carbonyl (C=O) groups excluding carboxylic acids is 1. The summed E-state index contributed by atoms with van der Waals surface area (Å²) in [7, 11) is 0. The molecule has 0 radical (unpaired) electrons. The second-order valence-electron chi connectivity index (χ2n) is 4.52. The van der Waals surface area contributed by atoms with Crippen LogP contribution in [0.3, 0.4) is 0 Å². The summed E-state index contributed by atoms with van der Waals surface area (Å²) in [5.74, 6) is -0.443. The first-order valence-electron chi connectivity index (χ1n) is 6.70. The van der Waals surface area contributed by atoms with Crippen LogP contribution in [0.2, 0.25) is 0 Å². The fraction of sp³-hybridized carbons (Fsp3) is 0.267. The molecule has 1 aliphatic rings. The molecule has 0 bridgehead atoms. The minimum atomic E-state index is -0.443. The highest BCUT2D eigenvalue weighted by atomic mass is 35.5. The molecule has 1 heterocycles. The number of para-hydroxylation sites is 2. The van der Waals surface area contributed by atoms with Crippen LogP contribution in [0.15, 0.2) is 40.5 Å². The van der Waals surface area contributed by atoms with Crippen molar-refractivity contribution in [2.45, 2.75) is 19.8 Å². The van der Waals surface area contributed by atoms with Crippen molar-refractivity contribution in [1.29, 1.82) is 5.26 Å². The number of halogens is 1. The Morgan fingerprint density at radius 2 is 2.24 bits per heavy atom. The fourth-order valence-corrected chi connectivity index (χ4v) is 2.11. The lowest BCUT2D eigenvalue weighted by molar-refractivity contribution is -0.117. The molecule has 21 heavy (non-hydrogen) atoms. The lowest BCUT2D eigenvalue weighted by Crippen LogP contribution is -2.28. The number of anilines is 1. The number of rotatable bonds is 4. The topological polar surface area (TPSA) is 77.3 Å². The molecule has 1 aliphatic heterocycles. The van der Waals surface area contributed by atoms with Crippen molar-refractivity contribution < 1.29 is 4.79 Å². The molecule has 0 fully saturated rings. The second kappa shape index (κ2) is 6.91. The molecule has 0 saturated heterocycles. The third kappa shape index (κ3) is 3.41. The van der Waals surface area contributed by atoms with Crippen LogP contribution in [0.25, 0.3) is 0 Å². The van der Waals surface area contributed by atoms with Gasteiger partial charge in [-0.3, -0.25) is 4.79 Å². The van der Waals surface area contributed by atoms with Gasteiger partial charge in [-0.15, -0.1) is 0 Å². The predicted octanol–water partition coefficient (Wildman–Crippen LogP) is 3.07. The lowest BCUT2D eigenvalue weighted by atomic mass is 10.1. The molecule has 0 saturated carbocycles. The Morgan fingerprint density at radius 1 is 1.48 bits per heavy atom. The molecule has 1 amide bonds. The van der Waals surface area contributed by atoms with E-state index in [-0.39, 0.29) is 16.4 Å². The van der Waals surface area contributed by atoms with Crippen molar-refractivity contribution in [3.63, 3.8) is 0 Å². The van der Waals surface area contributed by atoms with Crippen LogP contribution in [-0.2, 0) is 4.79 Å². The van der Waals surface area contributed by atoms with Crippen molar-refractivity contribution >= 4 is 34.1 Å². The van der Waals surface area contributed by atoms with E-state index in [0.717, 1.165) is 12.8 Å². The maximum absolute atomic E-state index is 12.1. The predicted molar refractivity (Wildman–Crippen MR) is 83.6 cm³/mol. The number of fused-ring (bicyclic) bond motifs is 1. The molecule has 0 atom stereocenters. The van der Waals surface area contributed by atoms with Gasteiger partial charge in [-0.05, 0) is 18.6 Å². The maximum Gasteiger partial charge on any atom is 0.264 e. The molecular formula is C15H15ClN4O. The summed E-state index contributed by atoms with van der Waals surface area (Å²) in [4.78, 5) is 16.3. The molecular weight excluding hydrogens is 288 g/mol. The van der Waals surface area contributed by atoms with Gasteiger partial charge in [0, 0.05) is 6.54 Å². The van der Waals surface area contributed by atoms with Crippen LogP contribution < -0.4 is 10.6 Å². The first-order chi connectivity index (χ1) is 10.2. The summed E-state index contributed by atoms with van der Waals surface area (Å²) in [6, 6.07) is 9.19. The number of hydrogen-bond acceptors (Lipinski definition) is 4. The largest absolute Gasteiger partial charge is 0.351 e. The third-order valence-corrected chi connectivity index (χ3v) is 3.27. The fourth-order valence-electron chi connectivity index (χ4n) is 1.88. The molecule has 1 aromatic rings. The number of nitriles is 1. The number of benzene rings is 1. The van der Waals surface area contributed by atoms with Gasteiger partial charge in [0.2, 0.25) is 0 Å². The van der Waals surface area contributed by atoms with Crippen LogP contribution in [0.4, 0.5) is 11.4 Å². The van der Waals surface area contributed by atoms with E-state index in [1.807, 2.05) is 31.2 Å². The monoisotopic (exact) mass is 302 g/mol. The maximum atomic E-state index is 12.1. The molecule has 5 nitrogen and oxygen atoms in total. The van der Waals surface area contributed by atoms with Crippen molar-refractivity contribution in [3.05, 3.63) is 35.5 Å². The number of aliphatic imine (C=N–C) groups is 1. The van der Waals surface area contributed by atoms with E-state index >= 15 is 0 Å². The number of nitrogens with zero attached hydrogens (tertiary/aromatic N) is 2. The number of amides is 1. The summed E-state index contributed by atoms with van der Waals surface area (Å²) in [6.07, 6.45) is 1.82. The number of hydrogen-bond donors (Lipinski definition) is 2. The minimum Gasteiger partial charge on any atom is -0.351 e. The molecule has 0 spiro atoms. The van der Waals surface area contributed by atoms with Gasteiger partial charge in [0.15, 0.2) is 5.17 Å². The van der Waals surface area contributed by atoms with Gasteiger partial charge in [-0.1, -0.05) is 37.1 Å². The Labute approximate surface area is 128 Å². The first-order valence-corrected chi connectivity index (χ1v) is 7.08. The average Bonchev–Trinajstić information content (AvgIpc) is 2.49. The summed E-state index contributed by atoms with van der Waals surface area (Å²) < 4.78 is 0. The smallest absolute Gasteiger partial charge is 0.264 e. The Hall–Kier alpha value is -2.32. The van der Waals surface area contributed by atoms with Gasteiger partial charge in [0.25, 0.3) is 5.91 Å². The molecule has 2 rings (SSSR count). The Kier molecular flexibility index (Phi) is 4.96. The molecule has 2 N–H and O–H groups in total. The second-order valence-corrected chi connectivity index (χ2v) is 4.87. The van der Waals surface area contributed by atoms with Crippen LogP contribution in [0.5, 0.6) is 0 Å². The van der Waals surface area contributed by atoms with Gasteiger partial charge in [0.05, 0.1) is 11.4 Å². The Balaban J connectivity index is 2.30. The zero-order valence-electron chi connectivity index (χ0n) is 11.6. The molecule has 0 aromatic heterocycles. The molecule has 108 valence electrons. The quantitative estimate of drug-likeness (QED) is 0.510. The Bertz CT molecular complexity index is 658. The standard InChI is InChI=1S/C15H15ClN4O/c1-2-3-8-18-15(21)10(9-17)13-14(16)20-12-7-5-4-6-11(12)19-13/h4-7,19H,2-3,8H2,1H3,(H,18,21)/b13-10+. The van der Waals surface area contributed by atoms with E-state index in [9.17, 15) is 10.1 Å². The lowest BCUT2D eigenvalue weighted by Gasteiger charge is -2.18. The average molecular weight is 303 g/mol. The van der Waals surface area contributed by atoms with E-state index in [0.29, 0.717) is 17.9 Å². The highest BCUT2D eigenvalue weighted by Crippen LogP contribution is 2.32. The van der Waals surface area contributed by atoms with E-state index in [1.54, 1.807) is 6.07 Å². The Morgan fingerprint density at radius 3 is 2.95 bits per heavy atom. The summed E-state index contributed by atoms with van der Waals surface area (Å²) in [5.41, 5.74) is 1.57. The highest BCUT2D eigenvalue weighted by molar-refractivity contribution is 6.70. The van der Waals surface area contributed by atoms with E-state index in [1.165, 1.54) is 0 Å². The van der Waals surface area contributed by atoms with Crippen molar-refractivity contribution in [3.8, 4) is 6.07 Å². The van der Waals surface area contributed by atoms with Gasteiger partial charge < -0.3 is 10.6 Å². The van der Waals surface area contributed by atoms with Gasteiger partial charge in [-0.25, -0.2) is 4.99 Å². The van der Waals surface area contributed by atoms with E-state index in [4.69, 9.17) is 11.6 Å². The van der Waals surface area contributed by atoms with Crippen molar-refractivity contribution in [2.75, 3.05) is 11.9 Å². The van der Waals surface area contributed by atoms with Gasteiger partial charge in [0.1, 0.15) is 17.3 Å². The van der Waals surface area contributed by atoms with Crippen LogP contribution >= 0.6 is 11.6 Å². The zero-order valence-corrected chi connectivity index (χ0v) is 12.4. The number of carbonyl (C=O) groups is 1. The first kappa shape index (κ1) is 15.1. The SMILES string of the molecule is CCCCNC(=O)/C(C#N)=C1/Nc2ccccc2N=C1Cl. The molecule has 0 unspecified atom stereocenters.